The van der Waals surface area contributed by atoms with Crippen molar-refractivity contribution in [3.8, 4) is 11.8 Å². The van der Waals surface area contributed by atoms with Gasteiger partial charge in [-0.25, -0.2) is 0 Å². The molecule has 0 saturated carbocycles. The zero-order chi connectivity index (χ0) is 24.4. The Balaban J connectivity index is 0.000000340. The van der Waals surface area contributed by atoms with Crippen molar-refractivity contribution in [1.29, 1.82) is 0 Å². The lowest BCUT2D eigenvalue weighted by Crippen LogP contribution is -1.97. The molecule has 2 aliphatic rings. The highest BCUT2D eigenvalue weighted by Gasteiger charge is 2.02. The van der Waals surface area contributed by atoms with Crippen LogP contribution in [0.15, 0.2) is 24.3 Å². The van der Waals surface area contributed by atoms with Gasteiger partial charge in [0.15, 0.2) is 0 Å². The van der Waals surface area contributed by atoms with E-state index in [0.717, 1.165) is 70.6 Å². The summed E-state index contributed by atoms with van der Waals surface area (Å²) in [6, 6.07) is 0. The molecule has 0 bridgehead atoms. The van der Waals surface area contributed by atoms with Gasteiger partial charge in [-0.15, -0.1) is 11.8 Å². The Hall–Kier alpha value is -1.62. The van der Waals surface area contributed by atoms with E-state index in [4.69, 9.17) is 0 Å². The van der Waals surface area contributed by atoms with Crippen LogP contribution in [0, 0.1) is 11.8 Å². The Morgan fingerprint density at radius 3 is 1.18 bits per heavy atom. The first-order valence-corrected chi connectivity index (χ1v) is 14.6. The van der Waals surface area contributed by atoms with E-state index >= 15 is 0 Å². The minimum atomic E-state index is 0.479. The highest BCUT2D eigenvalue weighted by molar-refractivity contribution is 5.78. The standard InChI is InChI=1S/2C16H26O/c2*17-16-14-12-10-8-6-4-2-1-3-5-7-9-11-13-15-16/h2,4-15H2;1-4H,5-15H2/b;3-1-,4-2+. The summed E-state index contributed by atoms with van der Waals surface area (Å²) in [6.07, 6.45) is 35.7. The van der Waals surface area contributed by atoms with Crippen LogP contribution in [0.3, 0.4) is 0 Å². The van der Waals surface area contributed by atoms with Crippen molar-refractivity contribution in [1.82, 2.24) is 0 Å². The Morgan fingerprint density at radius 1 is 0.412 bits per heavy atom. The van der Waals surface area contributed by atoms with E-state index < -0.39 is 0 Å². The third-order valence-electron chi connectivity index (χ3n) is 6.68. The van der Waals surface area contributed by atoms with Crippen LogP contribution in [-0.2, 0) is 9.59 Å². The summed E-state index contributed by atoms with van der Waals surface area (Å²) in [5.74, 6) is 7.49. The predicted octanol–water partition coefficient (Wildman–Crippen LogP) is 9.62. The number of hydrogen-bond donors (Lipinski definition) is 0. The van der Waals surface area contributed by atoms with Crippen molar-refractivity contribution in [2.45, 2.75) is 154 Å². The van der Waals surface area contributed by atoms with Gasteiger partial charge in [0, 0.05) is 38.5 Å². The van der Waals surface area contributed by atoms with Crippen LogP contribution in [0.4, 0.5) is 0 Å². The predicted molar refractivity (Wildman–Crippen MR) is 147 cm³/mol. The molecule has 0 radical (unpaired) electrons. The minimum Gasteiger partial charge on any atom is -0.300 e. The summed E-state index contributed by atoms with van der Waals surface area (Å²) in [4.78, 5) is 23.1. The summed E-state index contributed by atoms with van der Waals surface area (Å²) in [5.41, 5.74) is 0. The fraction of sp³-hybridized carbons (Fsp3) is 0.750. The van der Waals surface area contributed by atoms with Crippen LogP contribution < -0.4 is 0 Å². The summed E-state index contributed by atoms with van der Waals surface area (Å²) in [6.45, 7) is 0. The molecule has 0 unspecified atom stereocenters. The molecule has 2 heteroatoms. The molecule has 0 fully saturated rings. The maximum atomic E-state index is 11.6. The van der Waals surface area contributed by atoms with Crippen LogP contribution in [0.1, 0.15) is 154 Å². The van der Waals surface area contributed by atoms with Crippen molar-refractivity contribution in [2.24, 2.45) is 0 Å². The highest BCUT2D eigenvalue weighted by atomic mass is 16.1. The molecule has 2 nitrogen and oxygen atoms in total. The number of carbonyl (C=O) groups is 2. The van der Waals surface area contributed by atoms with Crippen molar-refractivity contribution < 1.29 is 9.59 Å². The second kappa shape index (κ2) is 24.5. The lowest BCUT2D eigenvalue weighted by Gasteiger charge is -2.02. The first-order chi connectivity index (χ1) is 16.8. The number of carbonyl (C=O) groups excluding carboxylic acids is 2. The van der Waals surface area contributed by atoms with Crippen LogP contribution in [-0.4, -0.2) is 11.6 Å². The first-order valence-electron chi connectivity index (χ1n) is 14.6. The molecule has 0 heterocycles. The van der Waals surface area contributed by atoms with Crippen molar-refractivity contribution in [3.05, 3.63) is 24.3 Å². The van der Waals surface area contributed by atoms with E-state index in [1.54, 1.807) is 0 Å². The highest BCUT2D eigenvalue weighted by Crippen LogP contribution is 2.12. The van der Waals surface area contributed by atoms with Crippen molar-refractivity contribution in [3.63, 3.8) is 0 Å². The lowest BCUT2D eigenvalue weighted by atomic mass is 10.0. The molecule has 0 atom stereocenters. The van der Waals surface area contributed by atoms with Gasteiger partial charge in [-0.3, -0.25) is 9.59 Å². The molecule has 34 heavy (non-hydrogen) atoms. The van der Waals surface area contributed by atoms with Gasteiger partial charge in [-0.05, 0) is 64.2 Å². The smallest absolute Gasteiger partial charge is 0.132 e. The second-order valence-electron chi connectivity index (χ2n) is 10.0. The van der Waals surface area contributed by atoms with E-state index in [0.29, 0.717) is 11.6 Å². The van der Waals surface area contributed by atoms with Crippen molar-refractivity contribution >= 4 is 11.6 Å². The summed E-state index contributed by atoms with van der Waals surface area (Å²) >= 11 is 0. The van der Waals surface area contributed by atoms with Gasteiger partial charge in [-0.1, -0.05) is 75.7 Å². The van der Waals surface area contributed by atoms with E-state index in [9.17, 15) is 9.59 Å². The molecule has 0 aromatic heterocycles. The maximum Gasteiger partial charge on any atom is 0.132 e. The number of ketones is 2. The molecule has 2 aliphatic carbocycles. The molecule has 2 rings (SSSR count). The van der Waals surface area contributed by atoms with Gasteiger partial charge in [0.1, 0.15) is 11.6 Å². The van der Waals surface area contributed by atoms with E-state index in [1.165, 1.54) is 83.5 Å². The Morgan fingerprint density at radius 2 is 0.735 bits per heavy atom. The van der Waals surface area contributed by atoms with Crippen LogP contribution in [0.25, 0.3) is 0 Å². The average Bonchev–Trinajstić information content (AvgIpc) is 2.83. The minimum absolute atomic E-state index is 0.479. The zero-order valence-corrected chi connectivity index (χ0v) is 22.1. The number of allylic oxidation sites excluding steroid dienone is 4. The molecular formula is C32H52O2. The van der Waals surface area contributed by atoms with Gasteiger partial charge in [0.05, 0.1) is 0 Å². The van der Waals surface area contributed by atoms with Crippen molar-refractivity contribution in [2.75, 3.05) is 0 Å². The normalized spacial score (nSPS) is 23.4. The van der Waals surface area contributed by atoms with Gasteiger partial charge < -0.3 is 0 Å². The molecule has 192 valence electrons. The molecule has 0 saturated heterocycles. The summed E-state index contributed by atoms with van der Waals surface area (Å²) in [7, 11) is 0. The van der Waals surface area contributed by atoms with Gasteiger partial charge in [-0.2, -0.15) is 0 Å². The van der Waals surface area contributed by atoms with Crippen LogP contribution in [0.5, 0.6) is 0 Å². The quantitative estimate of drug-likeness (QED) is 0.332. The third-order valence-corrected chi connectivity index (χ3v) is 6.68. The van der Waals surface area contributed by atoms with Gasteiger partial charge >= 0.3 is 0 Å². The molecule has 0 N–H and O–H groups in total. The zero-order valence-electron chi connectivity index (χ0n) is 22.1. The van der Waals surface area contributed by atoms with E-state index in [1.807, 2.05) is 0 Å². The monoisotopic (exact) mass is 468 g/mol. The Bertz CT molecular complexity index is 617. The Labute approximate surface area is 211 Å². The molecule has 0 aromatic carbocycles. The number of rotatable bonds is 0. The number of Topliss-reactive ketones (excluding diaryl/α,β-unsaturated/α-hetero) is 2. The topological polar surface area (TPSA) is 34.1 Å². The molecule has 0 spiro atoms. The van der Waals surface area contributed by atoms with E-state index in [-0.39, 0.29) is 0 Å². The number of hydrogen-bond acceptors (Lipinski definition) is 2. The fourth-order valence-corrected chi connectivity index (χ4v) is 4.43. The SMILES string of the molecule is O=C1CCCCC/C=C/C=C\CCCCCC1.O=C1CCCCCCC#CCCCCCCC1. The van der Waals surface area contributed by atoms with Gasteiger partial charge in [0.2, 0.25) is 0 Å². The average molecular weight is 469 g/mol. The Kier molecular flexibility index (Phi) is 21.9. The fourth-order valence-electron chi connectivity index (χ4n) is 4.43. The van der Waals surface area contributed by atoms with E-state index in [2.05, 4.69) is 36.1 Å². The largest absolute Gasteiger partial charge is 0.300 e. The lowest BCUT2D eigenvalue weighted by molar-refractivity contribution is -0.120. The van der Waals surface area contributed by atoms with Crippen LogP contribution in [0.2, 0.25) is 0 Å². The molecular weight excluding hydrogens is 416 g/mol. The first kappa shape index (κ1) is 30.4. The van der Waals surface area contributed by atoms with Crippen LogP contribution >= 0.6 is 0 Å². The molecule has 0 amide bonds. The molecule has 0 aliphatic heterocycles. The second-order valence-corrected chi connectivity index (χ2v) is 10.0. The molecule has 0 aromatic rings. The summed E-state index contributed by atoms with van der Waals surface area (Å²) < 4.78 is 0. The summed E-state index contributed by atoms with van der Waals surface area (Å²) in [5, 5.41) is 0. The van der Waals surface area contributed by atoms with Gasteiger partial charge in [0.25, 0.3) is 0 Å². The maximum absolute atomic E-state index is 11.6. The third kappa shape index (κ3) is 22.2.